The third-order valence-electron chi connectivity index (χ3n) is 4.84. The Bertz CT molecular complexity index is 1040. The molecule has 7 heteroatoms. The maximum Gasteiger partial charge on any atom is 0.349 e. The summed E-state index contributed by atoms with van der Waals surface area (Å²) in [5.74, 6) is -0.0372. The maximum absolute atomic E-state index is 12.6. The summed E-state index contributed by atoms with van der Waals surface area (Å²) in [6.45, 7) is 8.50. The number of nitrogens with zero attached hydrogens (tertiary/aromatic N) is 2. The van der Waals surface area contributed by atoms with Gasteiger partial charge in [0.15, 0.2) is 6.61 Å². The smallest absolute Gasteiger partial charge is 0.349 e. The van der Waals surface area contributed by atoms with Crippen LogP contribution in [-0.2, 0) is 16.1 Å². The molecule has 0 N–H and O–H groups in total. The quantitative estimate of drug-likeness (QED) is 0.260. The zero-order valence-corrected chi connectivity index (χ0v) is 18.8. The molecule has 164 valence electrons. The van der Waals surface area contributed by atoms with E-state index < -0.39 is 18.4 Å². The first kappa shape index (κ1) is 23.7. The second kappa shape index (κ2) is 10.5. The van der Waals surface area contributed by atoms with Gasteiger partial charge in [-0.15, -0.1) is 0 Å². The summed E-state index contributed by atoms with van der Waals surface area (Å²) in [4.78, 5) is 25.0. The summed E-state index contributed by atoms with van der Waals surface area (Å²) in [5, 5.41) is 9.46. The number of nitriles is 1. The topological polar surface area (TPSA) is 90.6 Å². The number of hydrogen-bond acceptors (Lipinski definition) is 6. The summed E-state index contributed by atoms with van der Waals surface area (Å²) in [6.07, 6.45) is 1.50. The number of aryl methyl sites for hydroxylation is 1. The Morgan fingerprint density at radius 2 is 1.87 bits per heavy atom. The summed E-state index contributed by atoms with van der Waals surface area (Å²) in [5.41, 5.74) is 2.84. The Morgan fingerprint density at radius 3 is 2.45 bits per heavy atom. The van der Waals surface area contributed by atoms with Gasteiger partial charge in [-0.1, -0.05) is 13.8 Å². The number of aromatic nitrogens is 1. The van der Waals surface area contributed by atoms with E-state index in [1.807, 2.05) is 26.0 Å². The van der Waals surface area contributed by atoms with E-state index in [9.17, 15) is 14.9 Å². The van der Waals surface area contributed by atoms with E-state index in [0.29, 0.717) is 17.4 Å². The van der Waals surface area contributed by atoms with Crippen molar-refractivity contribution in [2.45, 2.75) is 34.2 Å². The van der Waals surface area contributed by atoms with Crippen molar-refractivity contribution in [3.63, 3.8) is 0 Å². The van der Waals surface area contributed by atoms with Gasteiger partial charge in [0.1, 0.15) is 23.1 Å². The van der Waals surface area contributed by atoms with Gasteiger partial charge in [0, 0.05) is 17.9 Å². The predicted molar refractivity (Wildman–Crippen MR) is 117 cm³/mol. The number of esters is 1. The van der Waals surface area contributed by atoms with Gasteiger partial charge in [0.05, 0.1) is 19.8 Å². The van der Waals surface area contributed by atoms with Gasteiger partial charge in [0.25, 0.3) is 0 Å². The van der Waals surface area contributed by atoms with Crippen molar-refractivity contribution in [2.24, 2.45) is 5.92 Å². The van der Waals surface area contributed by atoms with Gasteiger partial charge in [-0.25, -0.2) is 4.79 Å². The first-order chi connectivity index (χ1) is 14.7. The Balaban J connectivity index is 2.18. The molecule has 0 saturated heterocycles. The fraction of sp³-hybridized carbons (Fsp3) is 0.375. The SMILES string of the molecule is COc1ccc(OC)c(C(=O)COC(=O)/C(C#N)=C/c2cc(C)n(CC(C)C)c2C)c1. The Morgan fingerprint density at radius 1 is 1.16 bits per heavy atom. The van der Waals surface area contributed by atoms with Crippen LogP contribution in [0.25, 0.3) is 6.08 Å². The number of methoxy groups -OCH3 is 2. The number of Topliss-reactive ketones (excluding diaryl/α,β-unsaturated/α-hetero) is 1. The third-order valence-corrected chi connectivity index (χ3v) is 4.84. The van der Waals surface area contributed by atoms with Crippen LogP contribution in [0.1, 0.15) is 41.2 Å². The van der Waals surface area contributed by atoms with E-state index in [4.69, 9.17) is 14.2 Å². The number of ketones is 1. The molecule has 0 spiro atoms. The lowest BCUT2D eigenvalue weighted by Crippen LogP contribution is -2.16. The molecular weight excluding hydrogens is 396 g/mol. The monoisotopic (exact) mass is 424 g/mol. The van der Waals surface area contributed by atoms with Gasteiger partial charge >= 0.3 is 5.97 Å². The molecule has 1 heterocycles. The van der Waals surface area contributed by atoms with Crippen LogP contribution in [0.5, 0.6) is 11.5 Å². The Kier molecular flexibility index (Phi) is 8.03. The van der Waals surface area contributed by atoms with Crippen molar-refractivity contribution in [2.75, 3.05) is 20.8 Å². The highest BCUT2D eigenvalue weighted by Crippen LogP contribution is 2.25. The minimum absolute atomic E-state index is 0.171. The van der Waals surface area contributed by atoms with E-state index in [2.05, 4.69) is 18.4 Å². The molecule has 0 saturated carbocycles. The highest BCUT2D eigenvalue weighted by molar-refractivity contribution is 6.03. The number of rotatable bonds is 9. The van der Waals surface area contributed by atoms with Crippen LogP contribution in [0.4, 0.5) is 0 Å². The average molecular weight is 424 g/mol. The molecule has 31 heavy (non-hydrogen) atoms. The molecule has 1 aromatic carbocycles. The minimum atomic E-state index is -0.855. The van der Waals surface area contributed by atoms with Crippen LogP contribution in [0.2, 0.25) is 0 Å². The third kappa shape index (κ3) is 5.76. The average Bonchev–Trinajstić information content (AvgIpc) is 3.01. The predicted octanol–water partition coefficient (Wildman–Crippen LogP) is 4.11. The van der Waals surface area contributed by atoms with Gasteiger partial charge in [-0.05, 0) is 55.7 Å². The molecule has 0 aliphatic carbocycles. The molecule has 0 bridgehead atoms. The zero-order chi connectivity index (χ0) is 23.1. The zero-order valence-electron chi connectivity index (χ0n) is 18.8. The van der Waals surface area contributed by atoms with Gasteiger partial charge in [-0.2, -0.15) is 5.26 Å². The molecule has 1 aromatic heterocycles. The van der Waals surface area contributed by atoms with Crippen LogP contribution in [0.15, 0.2) is 29.8 Å². The van der Waals surface area contributed by atoms with Crippen LogP contribution >= 0.6 is 0 Å². The Hall–Kier alpha value is -3.53. The van der Waals surface area contributed by atoms with E-state index in [0.717, 1.165) is 23.5 Å². The molecular formula is C24H28N2O5. The molecule has 0 radical (unpaired) electrons. The van der Waals surface area contributed by atoms with Crippen molar-refractivity contribution >= 4 is 17.8 Å². The molecule has 2 rings (SSSR count). The van der Waals surface area contributed by atoms with E-state index in [1.165, 1.54) is 26.4 Å². The molecule has 0 aliphatic rings. The van der Waals surface area contributed by atoms with E-state index in [-0.39, 0.29) is 11.1 Å². The number of hydrogen-bond donors (Lipinski definition) is 0. The van der Waals surface area contributed by atoms with Crippen molar-refractivity contribution in [3.05, 3.63) is 52.4 Å². The van der Waals surface area contributed by atoms with Crippen LogP contribution in [-0.4, -0.2) is 37.1 Å². The summed E-state index contributed by atoms with van der Waals surface area (Å²) >= 11 is 0. The number of carbonyl (C=O) groups excluding carboxylic acids is 2. The Labute approximate surface area is 182 Å². The molecule has 2 aromatic rings. The standard InChI is InChI=1S/C24H28N2O5/c1-15(2)13-26-16(3)9-18(17(26)4)10-19(12-25)24(28)31-14-22(27)21-11-20(29-5)7-8-23(21)30-6/h7-11,15H,13-14H2,1-6H3/b19-10+. The number of ether oxygens (including phenoxy) is 3. The molecule has 0 aliphatic heterocycles. The first-order valence-electron chi connectivity index (χ1n) is 9.92. The lowest BCUT2D eigenvalue weighted by molar-refractivity contribution is -0.137. The molecule has 0 fully saturated rings. The lowest BCUT2D eigenvalue weighted by atomic mass is 10.1. The van der Waals surface area contributed by atoms with Crippen LogP contribution in [0.3, 0.4) is 0 Å². The summed E-state index contributed by atoms with van der Waals surface area (Å²) in [7, 11) is 2.93. The van der Waals surface area contributed by atoms with Crippen LogP contribution < -0.4 is 9.47 Å². The second-order valence-corrected chi connectivity index (χ2v) is 7.57. The number of carbonyl (C=O) groups is 2. The lowest BCUT2D eigenvalue weighted by Gasteiger charge is -2.12. The van der Waals surface area contributed by atoms with Gasteiger partial charge in [0.2, 0.25) is 5.78 Å². The molecule has 0 unspecified atom stereocenters. The van der Waals surface area contributed by atoms with Crippen molar-refractivity contribution in [1.29, 1.82) is 5.26 Å². The molecule has 0 amide bonds. The van der Waals surface area contributed by atoms with E-state index >= 15 is 0 Å². The maximum atomic E-state index is 12.6. The first-order valence-corrected chi connectivity index (χ1v) is 9.92. The molecule has 7 nitrogen and oxygen atoms in total. The van der Waals surface area contributed by atoms with E-state index in [1.54, 1.807) is 12.1 Å². The number of benzene rings is 1. The highest BCUT2D eigenvalue weighted by Gasteiger charge is 2.19. The van der Waals surface area contributed by atoms with Crippen molar-refractivity contribution in [3.8, 4) is 17.6 Å². The largest absolute Gasteiger partial charge is 0.497 e. The fourth-order valence-electron chi connectivity index (χ4n) is 3.23. The highest BCUT2D eigenvalue weighted by atomic mass is 16.5. The van der Waals surface area contributed by atoms with Gasteiger partial charge in [-0.3, -0.25) is 4.79 Å². The molecule has 0 atom stereocenters. The van der Waals surface area contributed by atoms with Crippen molar-refractivity contribution in [1.82, 2.24) is 4.57 Å². The normalized spacial score (nSPS) is 11.2. The van der Waals surface area contributed by atoms with Crippen LogP contribution in [0, 0.1) is 31.1 Å². The minimum Gasteiger partial charge on any atom is -0.497 e. The summed E-state index contributed by atoms with van der Waals surface area (Å²) < 4.78 is 17.6. The van der Waals surface area contributed by atoms with Gasteiger partial charge < -0.3 is 18.8 Å². The summed E-state index contributed by atoms with van der Waals surface area (Å²) in [6, 6.07) is 8.57. The second-order valence-electron chi connectivity index (χ2n) is 7.57. The fourth-order valence-corrected chi connectivity index (χ4v) is 3.23. The van der Waals surface area contributed by atoms with Crippen molar-refractivity contribution < 1.29 is 23.8 Å².